The van der Waals surface area contributed by atoms with Crippen LogP contribution in [-0.2, 0) is 10.0 Å². The van der Waals surface area contributed by atoms with E-state index in [1.165, 1.54) is 25.5 Å². The summed E-state index contributed by atoms with van der Waals surface area (Å²) < 4.78 is 27.4. The lowest BCUT2D eigenvalue weighted by atomic mass is 9.83. The molecule has 0 radical (unpaired) electrons. The molecule has 2 fully saturated rings. The fraction of sp³-hybridized carbons (Fsp3) is 0.667. The van der Waals surface area contributed by atoms with Crippen LogP contribution in [0.2, 0.25) is 0 Å². The minimum absolute atomic E-state index is 0.174. The van der Waals surface area contributed by atoms with Crippen LogP contribution in [0.5, 0.6) is 0 Å². The molecule has 1 aliphatic heterocycles. The Morgan fingerprint density at radius 3 is 2.52 bits per heavy atom. The normalized spacial score (nSPS) is 25.2. The monoisotopic (exact) mass is 309 g/mol. The Labute approximate surface area is 126 Å². The first-order chi connectivity index (χ1) is 10.1. The van der Waals surface area contributed by atoms with Crippen LogP contribution in [0.4, 0.5) is 5.82 Å². The zero-order valence-corrected chi connectivity index (χ0v) is 13.1. The van der Waals surface area contributed by atoms with E-state index >= 15 is 0 Å². The number of hydrogen-bond acceptors (Lipinski definition) is 4. The fourth-order valence-corrected chi connectivity index (χ4v) is 5.43. The Bertz CT molecular complexity index is 579. The first kappa shape index (κ1) is 14.8. The second kappa shape index (κ2) is 5.93. The van der Waals surface area contributed by atoms with Crippen molar-refractivity contribution in [3.8, 4) is 0 Å². The predicted molar refractivity (Wildman–Crippen MR) is 82.1 cm³/mol. The minimum atomic E-state index is -3.44. The van der Waals surface area contributed by atoms with Gasteiger partial charge in [0.05, 0.1) is 0 Å². The Morgan fingerprint density at radius 2 is 1.86 bits per heavy atom. The van der Waals surface area contributed by atoms with Crippen molar-refractivity contribution in [2.75, 3.05) is 12.3 Å². The highest BCUT2D eigenvalue weighted by molar-refractivity contribution is 7.89. The molecule has 1 atom stereocenters. The van der Waals surface area contributed by atoms with Gasteiger partial charge in [0.25, 0.3) is 0 Å². The third kappa shape index (κ3) is 2.92. The summed E-state index contributed by atoms with van der Waals surface area (Å²) in [6, 6.07) is 3.29. The molecule has 116 valence electrons. The first-order valence-corrected chi connectivity index (χ1v) is 9.26. The largest absolute Gasteiger partial charge is 0.384 e. The van der Waals surface area contributed by atoms with Crippen LogP contribution in [0.15, 0.2) is 23.2 Å². The second-order valence-corrected chi connectivity index (χ2v) is 8.03. The summed E-state index contributed by atoms with van der Waals surface area (Å²) in [5.41, 5.74) is 5.55. The summed E-state index contributed by atoms with van der Waals surface area (Å²) in [4.78, 5) is 4.19. The molecule has 1 aromatic heterocycles. The van der Waals surface area contributed by atoms with Crippen molar-refractivity contribution in [2.45, 2.75) is 55.9 Å². The lowest BCUT2D eigenvalue weighted by Crippen LogP contribution is -2.40. The molecule has 2 heterocycles. The van der Waals surface area contributed by atoms with Gasteiger partial charge in [-0.05, 0) is 43.7 Å². The third-order valence-electron chi connectivity index (χ3n) is 4.81. The second-order valence-electron chi connectivity index (χ2n) is 6.14. The summed E-state index contributed by atoms with van der Waals surface area (Å²) in [5, 5.41) is 0. The zero-order valence-electron chi connectivity index (χ0n) is 12.2. The molecule has 1 aliphatic carbocycles. The molecule has 2 N–H and O–H groups in total. The van der Waals surface area contributed by atoms with Gasteiger partial charge in [-0.1, -0.05) is 19.3 Å². The maximum Gasteiger partial charge on any atom is 0.244 e. The molecule has 0 spiro atoms. The van der Waals surface area contributed by atoms with Crippen LogP contribution >= 0.6 is 0 Å². The van der Waals surface area contributed by atoms with E-state index in [0.717, 1.165) is 25.7 Å². The first-order valence-electron chi connectivity index (χ1n) is 7.82. The Balaban J connectivity index is 1.84. The maximum atomic E-state index is 12.8. The number of sulfonamides is 1. The number of anilines is 1. The van der Waals surface area contributed by atoms with E-state index in [1.807, 2.05) is 0 Å². The van der Waals surface area contributed by atoms with Gasteiger partial charge in [-0.3, -0.25) is 0 Å². The topological polar surface area (TPSA) is 76.3 Å². The minimum Gasteiger partial charge on any atom is -0.384 e. The molecule has 1 unspecified atom stereocenters. The molecule has 1 saturated heterocycles. The summed E-state index contributed by atoms with van der Waals surface area (Å²) in [6.07, 6.45) is 9.41. The van der Waals surface area contributed by atoms with Gasteiger partial charge in [-0.15, -0.1) is 0 Å². The van der Waals surface area contributed by atoms with Gasteiger partial charge in [0.1, 0.15) is 10.7 Å². The van der Waals surface area contributed by atoms with Gasteiger partial charge in [0, 0.05) is 18.8 Å². The lowest BCUT2D eigenvalue weighted by molar-refractivity contribution is 0.226. The van der Waals surface area contributed by atoms with Gasteiger partial charge in [0.2, 0.25) is 10.0 Å². The number of nitrogens with zero attached hydrogens (tertiary/aromatic N) is 2. The Morgan fingerprint density at radius 1 is 1.10 bits per heavy atom. The number of pyridine rings is 1. The molecule has 1 saturated carbocycles. The maximum absolute atomic E-state index is 12.8. The van der Waals surface area contributed by atoms with Crippen molar-refractivity contribution in [3.05, 3.63) is 18.3 Å². The zero-order chi connectivity index (χ0) is 14.9. The number of nitrogens with two attached hydrogens (primary N) is 1. The average Bonchev–Trinajstić information content (AvgIpc) is 2.99. The van der Waals surface area contributed by atoms with E-state index in [9.17, 15) is 8.42 Å². The van der Waals surface area contributed by atoms with E-state index in [1.54, 1.807) is 16.4 Å². The van der Waals surface area contributed by atoms with Crippen molar-refractivity contribution in [1.82, 2.24) is 9.29 Å². The number of hydrogen-bond donors (Lipinski definition) is 1. The smallest absolute Gasteiger partial charge is 0.244 e. The number of nitrogen functional groups attached to an aromatic ring is 1. The molecule has 1 aromatic rings. The molecule has 0 amide bonds. The summed E-state index contributed by atoms with van der Waals surface area (Å²) in [6.45, 7) is 0.633. The SMILES string of the molecule is Nc1ccc(S(=O)(=O)N2CCCC2C2CCCCC2)cn1. The fourth-order valence-electron chi connectivity index (χ4n) is 3.73. The highest BCUT2D eigenvalue weighted by Crippen LogP contribution is 2.37. The van der Waals surface area contributed by atoms with Gasteiger partial charge < -0.3 is 5.73 Å². The predicted octanol–water partition coefficient (Wildman–Crippen LogP) is 2.40. The molecule has 0 bridgehead atoms. The molecule has 5 nitrogen and oxygen atoms in total. The van der Waals surface area contributed by atoms with Crippen molar-refractivity contribution in [1.29, 1.82) is 0 Å². The van der Waals surface area contributed by atoms with Gasteiger partial charge >= 0.3 is 0 Å². The van der Waals surface area contributed by atoms with Gasteiger partial charge in [-0.25, -0.2) is 13.4 Å². The third-order valence-corrected chi connectivity index (χ3v) is 6.72. The summed E-state index contributed by atoms with van der Waals surface area (Å²) >= 11 is 0. The molecular weight excluding hydrogens is 286 g/mol. The molecular formula is C15H23N3O2S. The average molecular weight is 309 g/mol. The van der Waals surface area contributed by atoms with Crippen LogP contribution in [-0.4, -0.2) is 30.3 Å². The Hall–Kier alpha value is -1.14. The lowest BCUT2D eigenvalue weighted by Gasteiger charge is -2.33. The van der Waals surface area contributed by atoms with Crippen LogP contribution in [0, 0.1) is 5.92 Å². The molecule has 2 aliphatic rings. The van der Waals surface area contributed by atoms with Crippen LogP contribution < -0.4 is 5.73 Å². The van der Waals surface area contributed by atoms with E-state index in [2.05, 4.69) is 4.98 Å². The highest BCUT2D eigenvalue weighted by atomic mass is 32.2. The van der Waals surface area contributed by atoms with Crippen molar-refractivity contribution < 1.29 is 8.42 Å². The van der Waals surface area contributed by atoms with Crippen LogP contribution in [0.25, 0.3) is 0 Å². The molecule has 0 aromatic carbocycles. The number of rotatable bonds is 3. The van der Waals surface area contributed by atoms with E-state index in [4.69, 9.17) is 5.73 Å². The Kier molecular flexibility index (Phi) is 4.17. The molecule has 3 rings (SSSR count). The van der Waals surface area contributed by atoms with Gasteiger partial charge in [0.15, 0.2) is 0 Å². The van der Waals surface area contributed by atoms with E-state index in [0.29, 0.717) is 18.3 Å². The standard InChI is InChI=1S/C15H23N3O2S/c16-15-9-8-13(11-17-15)21(19,20)18-10-4-7-14(18)12-5-2-1-3-6-12/h8-9,11-12,14H,1-7,10H2,(H2,16,17). The van der Waals surface area contributed by atoms with Gasteiger partial charge in [-0.2, -0.15) is 4.31 Å². The molecule has 6 heteroatoms. The van der Waals surface area contributed by atoms with E-state index in [-0.39, 0.29) is 10.9 Å². The van der Waals surface area contributed by atoms with Crippen LogP contribution in [0.3, 0.4) is 0 Å². The van der Waals surface area contributed by atoms with Crippen molar-refractivity contribution in [2.24, 2.45) is 5.92 Å². The number of aromatic nitrogens is 1. The summed E-state index contributed by atoms with van der Waals surface area (Å²) in [5.74, 6) is 0.872. The van der Waals surface area contributed by atoms with Crippen molar-refractivity contribution >= 4 is 15.8 Å². The van der Waals surface area contributed by atoms with E-state index < -0.39 is 10.0 Å². The highest BCUT2D eigenvalue weighted by Gasteiger charge is 2.39. The van der Waals surface area contributed by atoms with Crippen LogP contribution in [0.1, 0.15) is 44.9 Å². The van der Waals surface area contributed by atoms with Crippen molar-refractivity contribution in [3.63, 3.8) is 0 Å². The quantitative estimate of drug-likeness (QED) is 0.930. The molecule has 21 heavy (non-hydrogen) atoms. The summed E-state index contributed by atoms with van der Waals surface area (Å²) in [7, 11) is -3.44.